The summed E-state index contributed by atoms with van der Waals surface area (Å²) in [6.07, 6.45) is 0.318. The van der Waals surface area contributed by atoms with Crippen molar-refractivity contribution < 1.29 is 8.78 Å². The molecule has 0 fully saturated rings. The summed E-state index contributed by atoms with van der Waals surface area (Å²) in [5, 5.41) is 0. The van der Waals surface area contributed by atoms with E-state index in [0.717, 1.165) is 5.56 Å². The third kappa shape index (κ3) is 1.02. The number of hydrogen-bond donors (Lipinski definition) is 0. The Morgan fingerprint density at radius 1 is 1.36 bits per heavy atom. The molecule has 1 aliphatic carbocycles. The summed E-state index contributed by atoms with van der Waals surface area (Å²) in [5.41, 5.74) is 1.50. The summed E-state index contributed by atoms with van der Waals surface area (Å²) < 4.78 is 25.5. The first-order valence-corrected chi connectivity index (χ1v) is 3.70. The third-order valence-corrected chi connectivity index (χ3v) is 2.11. The van der Waals surface area contributed by atoms with E-state index < -0.39 is 6.17 Å². The van der Waals surface area contributed by atoms with Crippen LogP contribution in [-0.4, -0.2) is 0 Å². The minimum Gasteiger partial charge on any atom is -0.242 e. The lowest BCUT2D eigenvalue weighted by molar-refractivity contribution is 0.344. The summed E-state index contributed by atoms with van der Waals surface area (Å²) in [6.45, 7) is 0. The molecule has 0 spiro atoms. The first-order chi connectivity index (χ1) is 5.27. The van der Waals surface area contributed by atoms with Crippen LogP contribution in [0.25, 0.3) is 0 Å². The SMILES string of the molecule is Fc1ccc2c(c1)CCC2F. The van der Waals surface area contributed by atoms with Crippen molar-refractivity contribution in [1.29, 1.82) is 0 Å². The molecule has 0 heterocycles. The van der Waals surface area contributed by atoms with E-state index in [1.807, 2.05) is 0 Å². The van der Waals surface area contributed by atoms with Gasteiger partial charge in [-0.2, -0.15) is 0 Å². The van der Waals surface area contributed by atoms with Crippen LogP contribution >= 0.6 is 0 Å². The number of aryl methyl sites for hydroxylation is 1. The van der Waals surface area contributed by atoms with Gasteiger partial charge in [0.25, 0.3) is 0 Å². The van der Waals surface area contributed by atoms with E-state index in [0.29, 0.717) is 18.4 Å². The Morgan fingerprint density at radius 3 is 3.00 bits per heavy atom. The van der Waals surface area contributed by atoms with E-state index in [4.69, 9.17) is 0 Å². The third-order valence-electron chi connectivity index (χ3n) is 2.11. The van der Waals surface area contributed by atoms with Crippen LogP contribution in [0.1, 0.15) is 23.7 Å². The van der Waals surface area contributed by atoms with Gasteiger partial charge in [0.1, 0.15) is 12.0 Å². The van der Waals surface area contributed by atoms with E-state index in [-0.39, 0.29) is 5.82 Å². The Balaban J connectivity index is 2.50. The fraction of sp³-hybridized carbons (Fsp3) is 0.333. The van der Waals surface area contributed by atoms with Crippen molar-refractivity contribution in [2.45, 2.75) is 19.0 Å². The lowest BCUT2D eigenvalue weighted by atomic mass is 10.1. The minimum atomic E-state index is -0.870. The smallest absolute Gasteiger partial charge is 0.126 e. The van der Waals surface area contributed by atoms with Gasteiger partial charge in [0, 0.05) is 0 Å². The second-order valence-electron chi connectivity index (χ2n) is 2.85. The number of benzene rings is 1. The van der Waals surface area contributed by atoms with E-state index in [1.54, 1.807) is 6.07 Å². The summed E-state index contributed by atoms with van der Waals surface area (Å²) in [7, 11) is 0. The van der Waals surface area contributed by atoms with Crippen LogP contribution < -0.4 is 0 Å². The highest BCUT2D eigenvalue weighted by Crippen LogP contribution is 2.33. The average Bonchev–Trinajstić information content (AvgIpc) is 2.32. The van der Waals surface area contributed by atoms with Gasteiger partial charge >= 0.3 is 0 Å². The lowest BCUT2D eigenvalue weighted by Gasteiger charge is -1.99. The monoisotopic (exact) mass is 154 g/mol. The van der Waals surface area contributed by atoms with E-state index in [2.05, 4.69) is 0 Å². The van der Waals surface area contributed by atoms with E-state index in [1.165, 1.54) is 12.1 Å². The van der Waals surface area contributed by atoms with E-state index >= 15 is 0 Å². The molecule has 0 saturated carbocycles. The molecule has 1 aromatic carbocycles. The maximum absolute atomic E-state index is 12.9. The Morgan fingerprint density at radius 2 is 2.18 bits per heavy atom. The quantitative estimate of drug-likeness (QED) is 0.539. The Kier molecular flexibility index (Phi) is 1.41. The van der Waals surface area contributed by atoms with Gasteiger partial charge < -0.3 is 0 Å². The molecular formula is C9H8F2. The number of rotatable bonds is 0. The fourth-order valence-corrected chi connectivity index (χ4v) is 1.53. The predicted octanol–water partition coefficient (Wildman–Crippen LogP) is 2.78. The van der Waals surface area contributed by atoms with Crippen molar-refractivity contribution in [2.24, 2.45) is 0 Å². The molecule has 1 aromatic rings. The standard InChI is InChI=1S/C9H8F2/c10-7-2-3-8-6(5-7)1-4-9(8)11/h2-3,5,9H,1,4H2. The van der Waals surface area contributed by atoms with Crippen molar-refractivity contribution in [2.75, 3.05) is 0 Å². The molecule has 11 heavy (non-hydrogen) atoms. The normalized spacial score (nSPS) is 21.8. The highest BCUT2D eigenvalue weighted by Gasteiger charge is 2.21. The molecule has 0 saturated heterocycles. The first-order valence-electron chi connectivity index (χ1n) is 3.70. The molecule has 0 nitrogen and oxygen atoms in total. The highest BCUT2D eigenvalue weighted by atomic mass is 19.1. The van der Waals surface area contributed by atoms with Crippen molar-refractivity contribution >= 4 is 0 Å². The number of fused-ring (bicyclic) bond motifs is 1. The van der Waals surface area contributed by atoms with E-state index in [9.17, 15) is 8.78 Å². The van der Waals surface area contributed by atoms with Gasteiger partial charge in [0.2, 0.25) is 0 Å². The Labute approximate surface area is 63.9 Å². The molecule has 0 aromatic heterocycles. The second kappa shape index (κ2) is 2.29. The summed E-state index contributed by atoms with van der Waals surface area (Å²) in [4.78, 5) is 0. The lowest BCUT2D eigenvalue weighted by Crippen LogP contribution is -1.85. The number of hydrogen-bond acceptors (Lipinski definition) is 0. The van der Waals surface area contributed by atoms with Gasteiger partial charge in [0.05, 0.1) is 0 Å². The van der Waals surface area contributed by atoms with Crippen molar-refractivity contribution in [3.8, 4) is 0 Å². The van der Waals surface area contributed by atoms with Gasteiger partial charge in [-0.05, 0) is 36.1 Å². The number of halogens is 2. The molecule has 1 aliphatic rings. The molecule has 0 bridgehead atoms. The fourth-order valence-electron chi connectivity index (χ4n) is 1.53. The Hall–Kier alpha value is -0.920. The zero-order valence-electron chi connectivity index (χ0n) is 5.98. The number of alkyl halides is 1. The largest absolute Gasteiger partial charge is 0.242 e. The van der Waals surface area contributed by atoms with Gasteiger partial charge in [-0.15, -0.1) is 0 Å². The van der Waals surface area contributed by atoms with Crippen LogP contribution in [0.3, 0.4) is 0 Å². The van der Waals surface area contributed by atoms with Gasteiger partial charge in [-0.3, -0.25) is 0 Å². The van der Waals surface area contributed by atoms with Crippen LogP contribution in [0, 0.1) is 5.82 Å². The molecule has 2 rings (SSSR count). The maximum Gasteiger partial charge on any atom is 0.126 e. The second-order valence-corrected chi connectivity index (χ2v) is 2.85. The summed E-state index contributed by atoms with van der Waals surface area (Å²) in [6, 6.07) is 4.29. The summed E-state index contributed by atoms with van der Waals surface area (Å²) in [5.74, 6) is -0.266. The molecule has 1 atom stereocenters. The van der Waals surface area contributed by atoms with Crippen LogP contribution in [0.15, 0.2) is 18.2 Å². The van der Waals surface area contributed by atoms with Crippen LogP contribution in [0.5, 0.6) is 0 Å². The van der Waals surface area contributed by atoms with Crippen LogP contribution in [0.4, 0.5) is 8.78 Å². The van der Waals surface area contributed by atoms with Crippen molar-refractivity contribution in [3.63, 3.8) is 0 Å². The van der Waals surface area contributed by atoms with Crippen molar-refractivity contribution in [3.05, 3.63) is 35.1 Å². The molecule has 1 unspecified atom stereocenters. The Bertz CT molecular complexity index is 281. The molecular weight excluding hydrogens is 146 g/mol. The van der Waals surface area contributed by atoms with Crippen LogP contribution in [-0.2, 0) is 6.42 Å². The maximum atomic E-state index is 12.9. The molecule has 58 valence electrons. The molecule has 0 aliphatic heterocycles. The van der Waals surface area contributed by atoms with Gasteiger partial charge in [-0.1, -0.05) is 6.07 Å². The molecule has 0 radical (unpaired) electrons. The zero-order chi connectivity index (χ0) is 7.84. The zero-order valence-corrected chi connectivity index (χ0v) is 5.98. The molecule has 0 amide bonds. The highest BCUT2D eigenvalue weighted by molar-refractivity contribution is 5.33. The summed E-state index contributed by atoms with van der Waals surface area (Å²) >= 11 is 0. The average molecular weight is 154 g/mol. The first kappa shape index (κ1) is 6.77. The van der Waals surface area contributed by atoms with Gasteiger partial charge in [0.15, 0.2) is 0 Å². The van der Waals surface area contributed by atoms with Gasteiger partial charge in [-0.25, -0.2) is 8.78 Å². The topological polar surface area (TPSA) is 0 Å². The predicted molar refractivity (Wildman–Crippen MR) is 38.6 cm³/mol. The molecule has 2 heteroatoms. The molecule has 0 N–H and O–H groups in total. The van der Waals surface area contributed by atoms with Crippen LogP contribution in [0.2, 0.25) is 0 Å². The minimum absolute atomic E-state index is 0.266. The van der Waals surface area contributed by atoms with Crippen molar-refractivity contribution in [1.82, 2.24) is 0 Å².